The van der Waals surface area contributed by atoms with Crippen LogP contribution in [0.4, 0.5) is 0 Å². The number of likely N-dealkylation sites (tertiary alicyclic amines) is 1. The van der Waals surface area contributed by atoms with E-state index in [-0.39, 0.29) is 24.0 Å². The number of piperidine rings is 1. The number of amides is 1. The summed E-state index contributed by atoms with van der Waals surface area (Å²) in [5.41, 5.74) is 11.7. The summed E-state index contributed by atoms with van der Waals surface area (Å²) in [4.78, 5) is 13.9. The third-order valence-electron chi connectivity index (χ3n) is 3.20. The van der Waals surface area contributed by atoms with Crippen molar-refractivity contribution in [1.29, 1.82) is 0 Å². The lowest BCUT2D eigenvalue weighted by atomic mass is 9.96. The fourth-order valence-corrected chi connectivity index (χ4v) is 2.17. The topological polar surface area (TPSA) is 72.4 Å². The van der Waals surface area contributed by atoms with E-state index < -0.39 is 0 Å². The van der Waals surface area contributed by atoms with Gasteiger partial charge in [0.2, 0.25) is 5.91 Å². The average Bonchev–Trinajstić information content (AvgIpc) is 2.27. The quantitative estimate of drug-likeness (QED) is 0.715. The van der Waals surface area contributed by atoms with E-state index in [1.54, 1.807) is 0 Å². The van der Waals surface area contributed by atoms with Crippen LogP contribution in [0.25, 0.3) is 0 Å². The highest BCUT2D eigenvalue weighted by Crippen LogP contribution is 2.19. The molecule has 0 aromatic carbocycles. The van der Waals surface area contributed by atoms with E-state index in [1.807, 2.05) is 18.7 Å². The number of hydrogen-bond donors (Lipinski definition) is 2. The SMILES string of the molecule is CC[C@H](N)C(=O)N1CCCCC1C(C)N. The molecule has 1 heterocycles. The lowest BCUT2D eigenvalue weighted by molar-refractivity contribution is -0.136. The molecule has 1 aliphatic rings. The van der Waals surface area contributed by atoms with Gasteiger partial charge in [-0.15, -0.1) is 0 Å². The number of rotatable bonds is 3. The van der Waals surface area contributed by atoms with Gasteiger partial charge in [-0.05, 0) is 32.6 Å². The average molecular weight is 213 g/mol. The highest BCUT2D eigenvalue weighted by atomic mass is 16.2. The molecule has 0 aromatic rings. The molecule has 3 atom stereocenters. The van der Waals surface area contributed by atoms with Crippen molar-refractivity contribution in [3.8, 4) is 0 Å². The summed E-state index contributed by atoms with van der Waals surface area (Å²) < 4.78 is 0. The van der Waals surface area contributed by atoms with Crippen molar-refractivity contribution in [3.05, 3.63) is 0 Å². The molecule has 1 rings (SSSR count). The van der Waals surface area contributed by atoms with Crippen molar-refractivity contribution in [2.45, 2.75) is 57.7 Å². The van der Waals surface area contributed by atoms with Gasteiger partial charge in [-0.3, -0.25) is 4.79 Å². The van der Waals surface area contributed by atoms with E-state index in [1.165, 1.54) is 0 Å². The fourth-order valence-electron chi connectivity index (χ4n) is 2.17. The third kappa shape index (κ3) is 2.92. The summed E-state index contributed by atoms with van der Waals surface area (Å²) in [7, 11) is 0. The normalized spacial score (nSPS) is 26.1. The molecule has 4 N–H and O–H groups in total. The van der Waals surface area contributed by atoms with E-state index in [9.17, 15) is 4.79 Å². The molecular formula is C11H23N3O. The minimum Gasteiger partial charge on any atom is -0.337 e. The van der Waals surface area contributed by atoms with Gasteiger partial charge in [0.15, 0.2) is 0 Å². The van der Waals surface area contributed by atoms with Gasteiger partial charge in [0.1, 0.15) is 0 Å². The van der Waals surface area contributed by atoms with Crippen LogP contribution < -0.4 is 11.5 Å². The Hall–Kier alpha value is -0.610. The molecule has 0 saturated carbocycles. The molecule has 1 aliphatic heterocycles. The molecule has 0 aliphatic carbocycles. The van der Waals surface area contributed by atoms with E-state index in [0.717, 1.165) is 25.8 Å². The maximum Gasteiger partial charge on any atom is 0.239 e. The van der Waals surface area contributed by atoms with Crippen molar-refractivity contribution in [1.82, 2.24) is 4.90 Å². The van der Waals surface area contributed by atoms with Gasteiger partial charge in [0.25, 0.3) is 0 Å². The largest absolute Gasteiger partial charge is 0.337 e. The van der Waals surface area contributed by atoms with Crippen LogP contribution in [0.1, 0.15) is 39.5 Å². The van der Waals surface area contributed by atoms with Crippen molar-refractivity contribution in [3.63, 3.8) is 0 Å². The van der Waals surface area contributed by atoms with E-state index >= 15 is 0 Å². The first-order chi connectivity index (χ1) is 7.07. The zero-order valence-corrected chi connectivity index (χ0v) is 9.78. The van der Waals surface area contributed by atoms with E-state index in [4.69, 9.17) is 11.5 Å². The van der Waals surface area contributed by atoms with Crippen LogP contribution in [0.3, 0.4) is 0 Å². The summed E-state index contributed by atoms with van der Waals surface area (Å²) in [5, 5.41) is 0. The van der Waals surface area contributed by atoms with Crippen LogP contribution in [0.5, 0.6) is 0 Å². The Balaban J connectivity index is 2.67. The van der Waals surface area contributed by atoms with Crippen LogP contribution in [-0.2, 0) is 4.79 Å². The third-order valence-corrected chi connectivity index (χ3v) is 3.20. The Morgan fingerprint density at radius 2 is 2.13 bits per heavy atom. The standard InChI is InChI=1S/C11H23N3O/c1-3-9(13)11(15)14-7-5-4-6-10(14)8(2)12/h8-10H,3-7,12-13H2,1-2H3/t8?,9-,10?/m0/s1. The summed E-state index contributed by atoms with van der Waals surface area (Å²) in [6.45, 7) is 4.72. The van der Waals surface area contributed by atoms with Gasteiger partial charge in [-0.2, -0.15) is 0 Å². The molecule has 4 heteroatoms. The van der Waals surface area contributed by atoms with Crippen LogP contribution in [-0.4, -0.2) is 35.5 Å². The first-order valence-corrected chi connectivity index (χ1v) is 5.89. The second-order valence-corrected chi connectivity index (χ2v) is 4.47. The zero-order chi connectivity index (χ0) is 11.4. The smallest absolute Gasteiger partial charge is 0.239 e. The zero-order valence-electron chi connectivity index (χ0n) is 9.78. The van der Waals surface area contributed by atoms with Crippen LogP contribution in [0.2, 0.25) is 0 Å². The number of carbonyl (C=O) groups excluding carboxylic acids is 1. The van der Waals surface area contributed by atoms with Gasteiger partial charge in [-0.1, -0.05) is 6.92 Å². The number of hydrogen-bond acceptors (Lipinski definition) is 3. The minimum absolute atomic E-state index is 0.0401. The lowest BCUT2D eigenvalue weighted by Gasteiger charge is -2.39. The predicted octanol–water partition coefficient (Wildman–Crippen LogP) is 0.452. The van der Waals surface area contributed by atoms with Gasteiger partial charge < -0.3 is 16.4 Å². The first kappa shape index (κ1) is 12.5. The number of carbonyl (C=O) groups is 1. The van der Waals surface area contributed by atoms with Crippen LogP contribution >= 0.6 is 0 Å². The molecule has 2 unspecified atom stereocenters. The Kier molecular flexibility index (Phi) is 4.54. The molecule has 1 fully saturated rings. The van der Waals surface area contributed by atoms with E-state index in [0.29, 0.717) is 6.42 Å². The molecule has 88 valence electrons. The minimum atomic E-state index is -0.357. The molecule has 1 saturated heterocycles. The van der Waals surface area contributed by atoms with Gasteiger partial charge >= 0.3 is 0 Å². The van der Waals surface area contributed by atoms with Gasteiger partial charge in [0.05, 0.1) is 6.04 Å². The van der Waals surface area contributed by atoms with E-state index in [2.05, 4.69) is 0 Å². The predicted molar refractivity (Wildman–Crippen MR) is 61.3 cm³/mol. The molecule has 4 nitrogen and oxygen atoms in total. The molecule has 0 aromatic heterocycles. The van der Waals surface area contributed by atoms with Gasteiger partial charge in [0, 0.05) is 18.6 Å². The van der Waals surface area contributed by atoms with Crippen LogP contribution in [0.15, 0.2) is 0 Å². The van der Waals surface area contributed by atoms with Crippen molar-refractivity contribution in [2.24, 2.45) is 11.5 Å². The molecule has 0 radical (unpaired) electrons. The molecule has 0 spiro atoms. The number of nitrogens with two attached hydrogens (primary N) is 2. The molecule has 0 bridgehead atoms. The molecule has 1 amide bonds. The highest BCUT2D eigenvalue weighted by Gasteiger charge is 2.31. The van der Waals surface area contributed by atoms with Crippen molar-refractivity contribution in [2.75, 3.05) is 6.54 Å². The summed E-state index contributed by atoms with van der Waals surface area (Å²) in [6.07, 6.45) is 3.95. The summed E-state index contributed by atoms with van der Waals surface area (Å²) in [5.74, 6) is 0.0690. The first-order valence-electron chi connectivity index (χ1n) is 5.89. The van der Waals surface area contributed by atoms with Gasteiger partial charge in [-0.25, -0.2) is 0 Å². The summed E-state index contributed by atoms with van der Waals surface area (Å²) in [6, 6.07) is -0.133. The lowest BCUT2D eigenvalue weighted by Crippen LogP contribution is -2.55. The molecular weight excluding hydrogens is 190 g/mol. The Bertz CT molecular complexity index is 218. The van der Waals surface area contributed by atoms with Crippen molar-refractivity contribution < 1.29 is 4.79 Å². The second-order valence-electron chi connectivity index (χ2n) is 4.47. The Labute approximate surface area is 92.0 Å². The Morgan fingerprint density at radius 1 is 1.47 bits per heavy atom. The maximum atomic E-state index is 12.0. The fraction of sp³-hybridized carbons (Fsp3) is 0.909. The maximum absolute atomic E-state index is 12.0. The number of nitrogens with zero attached hydrogens (tertiary/aromatic N) is 1. The highest BCUT2D eigenvalue weighted by molar-refractivity contribution is 5.82. The monoisotopic (exact) mass is 213 g/mol. The molecule has 15 heavy (non-hydrogen) atoms. The summed E-state index contributed by atoms with van der Waals surface area (Å²) >= 11 is 0. The van der Waals surface area contributed by atoms with Crippen LogP contribution in [0, 0.1) is 0 Å². The second kappa shape index (κ2) is 5.47. The Morgan fingerprint density at radius 3 is 2.67 bits per heavy atom. The van der Waals surface area contributed by atoms with Crippen molar-refractivity contribution >= 4 is 5.91 Å².